The van der Waals surface area contributed by atoms with E-state index in [-0.39, 0.29) is 28.6 Å². The van der Waals surface area contributed by atoms with Gasteiger partial charge in [0.15, 0.2) is 5.76 Å². The van der Waals surface area contributed by atoms with Gasteiger partial charge in [0.05, 0.1) is 18.2 Å². The molecular formula is C25H17FO5. The summed E-state index contributed by atoms with van der Waals surface area (Å²) in [5, 5.41) is 0. The number of allylic oxidation sites excluding steroid dienone is 3. The molecule has 4 rings (SSSR count). The first-order valence-electron chi connectivity index (χ1n) is 9.41. The Morgan fingerprint density at radius 1 is 1.03 bits per heavy atom. The van der Waals surface area contributed by atoms with Crippen LogP contribution in [0, 0.1) is 5.82 Å². The number of hydrogen-bond acceptors (Lipinski definition) is 5. The molecular weight excluding hydrogens is 399 g/mol. The summed E-state index contributed by atoms with van der Waals surface area (Å²) in [7, 11) is 1.59. The minimum atomic E-state index is -0.835. The molecule has 154 valence electrons. The van der Waals surface area contributed by atoms with Crippen LogP contribution >= 0.6 is 0 Å². The van der Waals surface area contributed by atoms with Gasteiger partial charge in [-0.05, 0) is 36.4 Å². The van der Waals surface area contributed by atoms with E-state index in [4.69, 9.17) is 14.2 Å². The van der Waals surface area contributed by atoms with Crippen LogP contribution in [0.5, 0.6) is 17.2 Å². The molecule has 31 heavy (non-hydrogen) atoms. The number of ether oxygens (including phenoxy) is 3. The van der Waals surface area contributed by atoms with Crippen molar-refractivity contribution in [3.63, 3.8) is 0 Å². The second-order valence-electron chi connectivity index (χ2n) is 6.59. The first kappa shape index (κ1) is 20.1. The molecule has 0 saturated heterocycles. The SMILES string of the molecule is COc1ccccc1/C=C/C=C1\Oc2cc(OC(=O)c3ccccc3F)ccc2C1=O. The average molecular weight is 416 g/mol. The van der Waals surface area contributed by atoms with Crippen LogP contribution in [0.4, 0.5) is 4.39 Å². The number of carbonyl (C=O) groups excluding carboxylic acids is 2. The Balaban J connectivity index is 1.50. The van der Waals surface area contributed by atoms with Gasteiger partial charge in [-0.25, -0.2) is 9.18 Å². The molecule has 0 spiro atoms. The van der Waals surface area contributed by atoms with Crippen molar-refractivity contribution in [1.29, 1.82) is 0 Å². The minimum Gasteiger partial charge on any atom is -0.496 e. The quantitative estimate of drug-likeness (QED) is 0.324. The number of ketones is 1. The van der Waals surface area contributed by atoms with Crippen LogP contribution in [0.1, 0.15) is 26.3 Å². The van der Waals surface area contributed by atoms with Crippen LogP contribution in [0.25, 0.3) is 6.08 Å². The van der Waals surface area contributed by atoms with E-state index in [0.717, 1.165) is 5.56 Å². The van der Waals surface area contributed by atoms with Crippen molar-refractivity contribution in [2.75, 3.05) is 7.11 Å². The second-order valence-corrected chi connectivity index (χ2v) is 6.59. The predicted molar refractivity (Wildman–Crippen MR) is 113 cm³/mol. The maximum Gasteiger partial charge on any atom is 0.346 e. The summed E-state index contributed by atoms with van der Waals surface area (Å²) in [6.07, 6.45) is 5.04. The summed E-state index contributed by atoms with van der Waals surface area (Å²) < 4.78 is 29.9. The molecule has 6 heteroatoms. The molecule has 0 amide bonds. The van der Waals surface area contributed by atoms with E-state index in [2.05, 4.69) is 0 Å². The highest BCUT2D eigenvalue weighted by Gasteiger charge is 2.27. The summed E-state index contributed by atoms with van der Waals surface area (Å²) in [6, 6.07) is 17.4. The Kier molecular flexibility index (Phi) is 5.62. The number of halogens is 1. The van der Waals surface area contributed by atoms with Crippen molar-refractivity contribution in [1.82, 2.24) is 0 Å². The van der Waals surface area contributed by atoms with Crippen LogP contribution < -0.4 is 14.2 Å². The summed E-state index contributed by atoms with van der Waals surface area (Å²) in [5.74, 6) is -0.540. The van der Waals surface area contributed by atoms with Gasteiger partial charge in [0.1, 0.15) is 23.1 Å². The molecule has 1 aliphatic heterocycles. The molecule has 3 aromatic carbocycles. The monoisotopic (exact) mass is 416 g/mol. The lowest BCUT2D eigenvalue weighted by atomic mass is 10.1. The lowest BCUT2D eigenvalue weighted by Crippen LogP contribution is -2.10. The number of benzene rings is 3. The Hall–Kier alpha value is -4.19. The third-order valence-corrected chi connectivity index (χ3v) is 4.61. The zero-order valence-electron chi connectivity index (χ0n) is 16.5. The van der Waals surface area contributed by atoms with Gasteiger partial charge >= 0.3 is 5.97 Å². The van der Waals surface area contributed by atoms with Crippen LogP contribution in [-0.2, 0) is 0 Å². The standard InChI is InChI=1S/C25H17FO5/c1-29-21-11-5-2-7-16(21)8-6-12-22-24(27)19-14-13-17(15-23(19)31-22)30-25(28)18-9-3-4-10-20(18)26/h2-15H,1H3/b8-6+,22-12-. The number of methoxy groups -OCH3 is 1. The molecule has 0 bridgehead atoms. The smallest absolute Gasteiger partial charge is 0.346 e. The van der Waals surface area contributed by atoms with E-state index < -0.39 is 11.8 Å². The molecule has 0 aromatic heterocycles. The topological polar surface area (TPSA) is 61.8 Å². The van der Waals surface area contributed by atoms with E-state index in [1.165, 1.54) is 36.4 Å². The molecule has 1 aliphatic rings. The molecule has 0 unspecified atom stereocenters. The fourth-order valence-electron chi connectivity index (χ4n) is 3.08. The summed E-state index contributed by atoms with van der Waals surface area (Å²) in [5.41, 5.74) is 1.02. The summed E-state index contributed by atoms with van der Waals surface area (Å²) >= 11 is 0. The number of esters is 1. The first-order chi connectivity index (χ1) is 15.1. The lowest BCUT2D eigenvalue weighted by Gasteiger charge is -2.06. The minimum absolute atomic E-state index is 0.138. The maximum absolute atomic E-state index is 13.8. The van der Waals surface area contributed by atoms with Gasteiger partial charge in [-0.2, -0.15) is 0 Å². The van der Waals surface area contributed by atoms with E-state index in [1.807, 2.05) is 24.3 Å². The molecule has 0 fully saturated rings. The van der Waals surface area contributed by atoms with Crippen molar-refractivity contribution in [2.24, 2.45) is 0 Å². The number of Topliss-reactive ketones (excluding diaryl/α,β-unsaturated/α-hetero) is 1. The van der Waals surface area contributed by atoms with Crippen molar-refractivity contribution >= 4 is 17.8 Å². The van der Waals surface area contributed by atoms with Gasteiger partial charge < -0.3 is 14.2 Å². The van der Waals surface area contributed by atoms with E-state index in [1.54, 1.807) is 31.4 Å². The Morgan fingerprint density at radius 3 is 2.61 bits per heavy atom. The van der Waals surface area contributed by atoms with Crippen LogP contribution in [0.2, 0.25) is 0 Å². The van der Waals surface area contributed by atoms with Crippen LogP contribution in [-0.4, -0.2) is 18.9 Å². The molecule has 0 radical (unpaired) electrons. The number of carbonyl (C=O) groups is 2. The van der Waals surface area contributed by atoms with Gasteiger partial charge in [-0.15, -0.1) is 0 Å². The average Bonchev–Trinajstić information content (AvgIpc) is 3.09. The second kappa shape index (κ2) is 8.67. The van der Waals surface area contributed by atoms with Gasteiger partial charge in [-0.3, -0.25) is 4.79 Å². The number of para-hydroxylation sites is 1. The van der Waals surface area contributed by atoms with Gasteiger partial charge in [0.25, 0.3) is 0 Å². The Morgan fingerprint density at radius 2 is 1.81 bits per heavy atom. The van der Waals surface area contributed by atoms with Crippen molar-refractivity contribution < 1.29 is 28.2 Å². The van der Waals surface area contributed by atoms with Crippen LogP contribution in [0.3, 0.4) is 0 Å². The van der Waals surface area contributed by atoms with E-state index in [9.17, 15) is 14.0 Å². The number of rotatable bonds is 5. The zero-order valence-corrected chi connectivity index (χ0v) is 16.5. The normalized spacial score (nSPS) is 13.9. The first-order valence-corrected chi connectivity index (χ1v) is 9.41. The Labute approximate surface area is 178 Å². The summed E-state index contributed by atoms with van der Waals surface area (Å²) in [6.45, 7) is 0. The summed E-state index contributed by atoms with van der Waals surface area (Å²) in [4.78, 5) is 24.7. The third kappa shape index (κ3) is 4.23. The van der Waals surface area contributed by atoms with Crippen molar-refractivity contribution in [2.45, 2.75) is 0 Å². The van der Waals surface area contributed by atoms with Gasteiger partial charge in [0.2, 0.25) is 5.78 Å². The fraction of sp³-hybridized carbons (Fsp3) is 0.0400. The molecule has 5 nitrogen and oxygen atoms in total. The maximum atomic E-state index is 13.8. The highest BCUT2D eigenvalue weighted by Crippen LogP contribution is 2.34. The Bertz CT molecular complexity index is 1230. The van der Waals surface area contributed by atoms with E-state index >= 15 is 0 Å². The molecule has 0 aliphatic carbocycles. The fourth-order valence-corrected chi connectivity index (χ4v) is 3.08. The van der Waals surface area contributed by atoms with Crippen LogP contribution in [0.15, 0.2) is 84.6 Å². The lowest BCUT2D eigenvalue weighted by molar-refractivity contribution is 0.0729. The van der Waals surface area contributed by atoms with Gasteiger partial charge in [-0.1, -0.05) is 42.5 Å². The largest absolute Gasteiger partial charge is 0.496 e. The highest BCUT2D eigenvalue weighted by molar-refractivity contribution is 6.12. The predicted octanol–water partition coefficient (Wildman–Crippen LogP) is 5.23. The highest BCUT2D eigenvalue weighted by atomic mass is 19.1. The third-order valence-electron chi connectivity index (χ3n) is 4.61. The van der Waals surface area contributed by atoms with Gasteiger partial charge in [0, 0.05) is 11.6 Å². The molecule has 0 N–H and O–H groups in total. The molecule has 0 atom stereocenters. The van der Waals surface area contributed by atoms with Crippen molar-refractivity contribution in [3.8, 4) is 17.2 Å². The van der Waals surface area contributed by atoms with Crippen molar-refractivity contribution in [3.05, 3.63) is 107 Å². The van der Waals surface area contributed by atoms with E-state index in [0.29, 0.717) is 11.3 Å². The number of fused-ring (bicyclic) bond motifs is 1. The molecule has 1 heterocycles. The zero-order chi connectivity index (χ0) is 21.8. The number of hydrogen-bond donors (Lipinski definition) is 0. The molecule has 3 aromatic rings. The molecule has 0 saturated carbocycles.